The number of methoxy groups -OCH3 is 1. The Bertz CT molecular complexity index is 2020. The highest BCUT2D eigenvalue weighted by Gasteiger charge is 2.53. The van der Waals surface area contributed by atoms with Crippen molar-refractivity contribution < 1.29 is 55.0 Å². The number of alkyl halides is 3. The molecule has 59 heavy (non-hydrogen) atoms. The molecule has 5 rings (SSSR count). The smallest absolute Gasteiger partial charge is 0.427 e. The van der Waals surface area contributed by atoms with E-state index in [4.69, 9.17) is 19.9 Å². The van der Waals surface area contributed by atoms with Gasteiger partial charge in [0.05, 0.1) is 24.6 Å². The lowest BCUT2D eigenvalue weighted by Crippen LogP contribution is -2.56. The van der Waals surface area contributed by atoms with E-state index >= 15 is 0 Å². The number of sulfonamides is 1. The van der Waals surface area contributed by atoms with Gasteiger partial charge in [-0.2, -0.15) is 13.2 Å². The summed E-state index contributed by atoms with van der Waals surface area (Å²) in [5, 5.41) is 3.71. The molecule has 18 heteroatoms. The molecule has 0 bridgehead atoms. The number of allylic oxidation sites excluding steroid dienone is 2. The molecule has 2 heterocycles. The molecule has 1 aromatic carbocycles. The summed E-state index contributed by atoms with van der Waals surface area (Å²) in [4.78, 5) is 58.6. The average Bonchev–Trinajstić information content (AvgIpc) is 3.54. The van der Waals surface area contributed by atoms with E-state index in [1.807, 2.05) is 31.2 Å². The standard InChI is InChI=1S/C41H56F3N5O9S/c1-24(17-18-26-13-10-16-28(26)35(51)48-59(54,55)40(5)19-20-40)11-9-12-25(2)33(47-38(53)58-39(3,4)41(42,43)44)37(52)49-23-27(21-31(49)34(45)50)57-36-30-15-8-7-14-29(30)32(56-6)22-46-36/h7-8,14-15,17-18,22,24-28,31,33H,9-13,16,19-21,23H2,1-6H3,(H2,45,50)(H,47,53)(H,48,51)/b18-17-/t24-,25-,26+,27-,28?,31+,33+/m1/s1. The van der Waals surface area contributed by atoms with Gasteiger partial charge < -0.3 is 30.2 Å². The largest absolute Gasteiger partial charge is 0.494 e. The number of likely N-dealkylation sites (tertiary alicyclic amines) is 1. The fourth-order valence-electron chi connectivity index (χ4n) is 7.70. The molecule has 0 spiro atoms. The second kappa shape index (κ2) is 17.9. The molecule has 1 unspecified atom stereocenters. The van der Waals surface area contributed by atoms with E-state index in [1.54, 1.807) is 26.0 Å². The Labute approximate surface area is 343 Å². The molecule has 3 aliphatic rings. The van der Waals surface area contributed by atoms with Crippen LogP contribution in [0.25, 0.3) is 10.8 Å². The molecule has 2 aromatic rings. The van der Waals surface area contributed by atoms with Crippen LogP contribution in [0.4, 0.5) is 18.0 Å². The number of rotatable bonds is 17. The molecule has 1 aromatic heterocycles. The molecule has 0 radical (unpaired) electrons. The van der Waals surface area contributed by atoms with E-state index in [0.29, 0.717) is 63.5 Å². The highest BCUT2D eigenvalue weighted by molar-refractivity contribution is 7.91. The molecule has 1 saturated heterocycles. The van der Waals surface area contributed by atoms with Gasteiger partial charge in [-0.05, 0) is 83.1 Å². The zero-order chi connectivity index (χ0) is 43.5. The molecule has 2 saturated carbocycles. The van der Waals surface area contributed by atoms with Gasteiger partial charge in [-0.1, -0.05) is 57.0 Å². The number of ether oxygens (including phenoxy) is 3. The molecule has 2 aliphatic carbocycles. The number of pyridine rings is 1. The van der Waals surface area contributed by atoms with Crippen molar-refractivity contribution in [3.05, 3.63) is 42.6 Å². The number of carbonyl (C=O) groups excluding carboxylic acids is 4. The second-order valence-corrected chi connectivity index (χ2v) is 19.2. The van der Waals surface area contributed by atoms with Crippen molar-refractivity contribution in [2.75, 3.05) is 13.7 Å². The lowest BCUT2D eigenvalue weighted by atomic mass is 9.90. The topological polar surface area (TPSA) is 196 Å². The molecular weight excluding hydrogens is 796 g/mol. The fourth-order valence-corrected chi connectivity index (χ4v) is 9.00. The number of hydrogen-bond donors (Lipinski definition) is 3. The van der Waals surface area contributed by atoms with Crippen molar-refractivity contribution in [1.29, 1.82) is 0 Å². The van der Waals surface area contributed by atoms with Gasteiger partial charge in [0, 0.05) is 23.1 Å². The van der Waals surface area contributed by atoms with Gasteiger partial charge in [-0.3, -0.25) is 19.1 Å². The normalized spacial score (nSPS) is 23.4. The van der Waals surface area contributed by atoms with Crippen molar-refractivity contribution in [2.45, 2.75) is 127 Å². The number of halogens is 3. The predicted octanol–water partition coefficient (Wildman–Crippen LogP) is 5.93. The van der Waals surface area contributed by atoms with Crippen LogP contribution in [0.2, 0.25) is 0 Å². The SMILES string of the molecule is COc1cnc(O[C@@H]2C[C@@H](C(N)=O)N(C(=O)[C@@H](NC(=O)OC(C)(C)C(F)(F)F)[C@H](C)CCC[C@@H](C)/C=C\[C@@H]3CCCC3C(=O)NS(=O)(=O)C3(C)CC3)C2)c2ccccc12. The first-order chi connectivity index (χ1) is 27.6. The average molecular weight is 852 g/mol. The third-order valence-electron chi connectivity index (χ3n) is 12.0. The summed E-state index contributed by atoms with van der Waals surface area (Å²) in [6.45, 7) is 6.54. The Hall–Kier alpha value is -4.61. The molecule has 4 amide bonds. The van der Waals surface area contributed by atoms with E-state index in [9.17, 15) is 40.8 Å². The summed E-state index contributed by atoms with van der Waals surface area (Å²) in [7, 11) is -2.23. The quantitative estimate of drug-likeness (QED) is 0.161. The predicted molar refractivity (Wildman–Crippen MR) is 212 cm³/mol. The molecule has 326 valence electrons. The fraction of sp³-hybridized carbons (Fsp3) is 0.634. The zero-order valence-corrected chi connectivity index (χ0v) is 35.2. The minimum absolute atomic E-state index is 0.00167. The van der Waals surface area contributed by atoms with Gasteiger partial charge in [0.2, 0.25) is 39.2 Å². The minimum Gasteiger partial charge on any atom is -0.494 e. The van der Waals surface area contributed by atoms with Gasteiger partial charge in [0.25, 0.3) is 0 Å². The van der Waals surface area contributed by atoms with Crippen molar-refractivity contribution in [1.82, 2.24) is 19.9 Å². The third kappa shape index (κ3) is 10.6. The molecular formula is C41H56F3N5O9S. The summed E-state index contributed by atoms with van der Waals surface area (Å²) in [5.74, 6) is -2.51. The highest BCUT2D eigenvalue weighted by atomic mass is 32.2. The Morgan fingerprint density at radius 3 is 2.39 bits per heavy atom. The zero-order valence-electron chi connectivity index (χ0n) is 34.3. The van der Waals surface area contributed by atoms with Gasteiger partial charge in [-0.15, -0.1) is 0 Å². The first kappa shape index (κ1) is 45.5. The van der Waals surface area contributed by atoms with E-state index in [2.05, 4.69) is 15.0 Å². The Balaban J connectivity index is 1.26. The van der Waals surface area contributed by atoms with E-state index < -0.39 is 80.4 Å². The summed E-state index contributed by atoms with van der Waals surface area (Å²) >= 11 is 0. The molecule has 7 atom stereocenters. The van der Waals surface area contributed by atoms with Crippen molar-refractivity contribution in [3.63, 3.8) is 0 Å². The van der Waals surface area contributed by atoms with E-state index in [1.165, 1.54) is 18.2 Å². The van der Waals surface area contributed by atoms with E-state index in [-0.39, 0.29) is 30.7 Å². The molecule has 14 nitrogen and oxygen atoms in total. The Morgan fingerprint density at radius 1 is 1.08 bits per heavy atom. The van der Waals surface area contributed by atoms with Crippen LogP contribution in [-0.4, -0.2) is 90.5 Å². The summed E-state index contributed by atoms with van der Waals surface area (Å²) in [6.07, 6.45) is 2.99. The van der Waals surface area contributed by atoms with Gasteiger partial charge in [0.1, 0.15) is 23.9 Å². The summed E-state index contributed by atoms with van der Waals surface area (Å²) < 4.78 is 84.1. The Morgan fingerprint density at radius 2 is 1.76 bits per heavy atom. The lowest BCUT2D eigenvalue weighted by Gasteiger charge is -2.33. The monoisotopic (exact) mass is 851 g/mol. The number of carbonyl (C=O) groups is 4. The molecule has 4 N–H and O–H groups in total. The number of primary amides is 1. The summed E-state index contributed by atoms with van der Waals surface area (Å²) in [5.41, 5.74) is 2.90. The number of alkyl carbamates (subject to hydrolysis) is 1. The van der Waals surface area contributed by atoms with Crippen molar-refractivity contribution >= 4 is 44.6 Å². The maximum absolute atomic E-state index is 14.3. The maximum atomic E-state index is 14.3. The number of nitrogens with zero attached hydrogens (tertiary/aromatic N) is 2. The minimum atomic E-state index is -4.90. The first-order valence-electron chi connectivity index (χ1n) is 20.1. The molecule has 1 aliphatic heterocycles. The third-order valence-corrected chi connectivity index (χ3v) is 14.2. The number of aromatic nitrogens is 1. The maximum Gasteiger partial charge on any atom is 0.427 e. The van der Waals surface area contributed by atoms with Crippen molar-refractivity contribution in [2.24, 2.45) is 29.4 Å². The van der Waals surface area contributed by atoms with Crippen LogP contribution >= 0.6 is 0 Å². The first-order valence-corrected chi connectivity index (χ1v) is 21.5. The van der Waals surface area contributed by atoms with Crippen LogP contribution in [0.15, 0.2) is 42.6 Å². The number of hydrogen-bond acceptors (Lipinski definition) is 10. The number of fused-ring (bicyclic) bond motifs is 1. The van der Waals surface area contributed by atoms with Gasteiger partial charge in [0.15, 0.2) is 0 Å². The molecule has 3 fully saturated rings. The lowest BCUT2D eigenvalue weighted by molar-refractivity contribution is -0.244. The van der Waals surface area contributed by atoms with Gasteiger partial charge >= 0.3 is 12.3 Å². The summed E-state index contributed by atoms with van der Waals surface area (Å²) in [6, 6.07) is 4.67. The second-order valence-electron chi connectivity index (χ2n) is 17.0. The van der Waals surface area contributed by atoms with Gasteiger partial charge in [-0.25, -0.2) is 18.2 Å². The number of nitrogens with two attached hydrogens (primary N) is 1. The highest BCUT2D eigenvalue weighted by Crippen LogP contribution is 2.43. The van der Waals surface area contributed by atoms with Crippen LogP contribution in [0.3, 0.4) is 0 Å². The van der Waals surface area contributed by atoms with Crippen LogP contribution in [-0.2, 0) is 29.1 Å². The number of benzene rings is 1. The van der Waals surface area contributed by atoms with Crippen LogP contribution < -0.4 is 25.2 Å². The van der Waals surface area contributed by atoms with Crippen LogP contribution in [0, 0.1) is 23.7 Å². The van der Waals surface area contributed by atoms with Crippen LogP contribution in [0.1, 0.15) is 92.4 Å². The number of nitrogens with one attached hydrogen (secondary N) is 2. The van der Waals surface area contributed by atoms with Crippen LogP contribution in [0.5, 0.6) is 11.6 Å². The van der Waals surface area contributed by atoms with E-state index in [0.717, 1.165) is 18.2 Å². The Kier molecular flexibility index (Phi) is 13.8. The number of amides is 4. The van der Waals surface area contributed by atoms with Crippen molar-refractivity contribution in [3.8, 4) is 11.6 Å².